The van der Waals surface area contributed by atoms with Crippen LogP contribution in [0.25, 0.3) is 0 Å². The van der Waals surface area contributed by atoms with Gasteiger partial charge in [-0.2, -0.15) is 0 Å². The van der Waals surface area contributed by atoms with E-state index >= 15 is 0 Å². The lowest BCUT2D eigenvalue weighted by atomic mass is 9.97. The molecular formula is C21H37NO6P2. The van der Waals surface area contributed by atoms with Gasteiger partial charge in [-0.25, -0.2) is 4.57 Å². The Labute approximate surface area is 183 Å². The van der Waals surface area contributed by atoms with Gasteiger partial charge in [-0.3, -0.25) is 9.42 Å². The molecule has 7 nitrogen and oxygen atoms in total. The molecule has 1 aromatic rings. The summed E-state index contributed by atoms with van der Waals surface area (Å²) in [6, 6.07) is 3.41. The first-order valence-corrected chi connectivity index (χ1v) is 12.8. The molecule has 0 radical (unpaired) electrons. The summed E-state index contributed by atoms with van der Waals surface area (Å²) in [5.41, 5.74) is 0.880. The number of rotatable bonds is 9. The lowest BCUT2D eigenvalue weighted by molar-refractivity contribution is 0.193. The first-order valence-electron chi connectivity index (χ1n) is 10.7. The summed E-state index contributed by atoms with van der Waals surface area (Å²) in [4.78, 5) is 10.2. The number of aryl methyl sites for hydroxylation is 1. The predicted octanol–water partition coefficient (Wildman–Crippen LogP) is 5.19. The summed E-state index contributed by atoms with van der Waals surface area (Å²) < 4.78 is 33.5. The van der Waals surface area contributed by atoms with Crippen LogP contribution in [-0.4, -0.2) is 37.5 Å². The van der Waals surface area contributed by atoms with Crippen molar-refractivity contribution >= 4 is 17.1 Å². The summed E-state index contributed by atoms with van der Waals surface area (Å²) in [7, 11) is 1.55. The molecule has 2 atom stereocenters. The molecule has 2 unspecified atom stereocenters. The first-order chi connectivity index (χ1) is 14.3. The molecule has 172 valence electrons. The van der Waals surface area contributed by atoms with Crippen LogP contribution in [0, 0.1) is 6.92 Å². The van der Waals surface area contributed by atoms with Crippen LogP contribution in [0.3, 0.4) is 0 Å². The molecule has 1 aromatic carbocycles. The summed E-state index contributed by atoms with van der Waals surface area (Å²) >= 11 is 0. The second kappa shape index (κ2) is 12.3. The fourth-order valence-electron chi connectivity index (χ4n) is 3.77. The van der Waals surface area contributed by atoms with Crippen molar-refractivity contribution in [1.82, 2.24) is 5.32 Å². The molecule has 2 rings (SSSR count). The Morgan fingerprint density at radius 2 is 1.53 bits per heavy atom. The van der Waals surface area contributed by atoms with E-state index in [1.165, 1.54) is 59.2 Å². The van der Waals surface area contributed by atoms with Crippen LogP contribution in [0.2, 0.25) is 0 Å². The van der Waals surface area contributed by atoms with E-state index in [9.17, 15) is 9.46 Å². The third-order valence-electron chi connectivity index (χ3n) is 5.39. The molecule has 0 aliphatic heterocycles. The molecule has 1 aliphatic rings. The van der Waals surface area contributed by atoms with Crippen LogP contribution in [-0.2, 0) is 9.09 Å². The molecule has 9 heteroatoms. The molecule has 0 saturated heterocycles. The number of phosphoric acid groups is 1. The topological polar surface area (TPSA) is 86.3 Å². The van der Waals surface area contributed by atoms with Gasteiger partial charge in [0.05, 0.1) is 20.8 Å². The highest BCUT2D eigenvalue weighted by Crippen LogP contribution is 2.50. The third kappa shape index (κ3) is 8.36. The van der Waals surface area contributed by atoms with Crippen molar-refractivity contribution in [3.63, 3.8) is 0 Å². The van der Waals surface area contributed by atoms with E-state index in [1.54, 1.807) is 12.1 Å². The number of benzene rings is 1. The van der Waals surface area contributed by atoms with Crippen molar-refractivity contribution in [2.24, 2.45) is 0 Å². The van der Waals surface area contributed by atoms with Gasteiger partial charge in [-0.05, 0) is 37.5 Å². The molecule has 1 fully saturated rings. The first kappa shape index (κ1) is 25.4. The van der Waals surface area contributed by atoms with Gasteiger partial charge in [0.2, 0.25) is 5.75 Å². The zero-order chi connectivity index (χ0) is 22.0. The minimum absolute atomic E-state index is 0.0512. The van der Waals surface area contributed by atoms with Gasteiger partial charge in [0.1, 0.15) is 0 Å². The lowest BCUT2D eigenvalue weighted by Gasteiger charge is -2.32. The minimum atomic E-state index is -4.34. The van der Waals surface area contributed by atoms with Gasteiger partial charge < -0.3 is 19.3 Å². The summed E-state index contributed by atoms with van der Waals surface area (Å²) in [6.07, 6.45) is 11.0. The molecule has 30 heavy (non-hydrogen) atoms. The molecule has 0 heterocycles. The molecule has 1 aliphatic carbocycles. The number of methoxy groups -OCH3 is 2. The largest absolute Gasteiger partial charge is 0.527 e. The average molecular weight is 461 g/mol. The van der Waals surface area contributed by atoms with Crippen molar-refractivity contribution in [2.45, 2.75) is 70.0 Å². The maximum Gasteiger partial charge on any atom is 0.527 e. The molecular weight excluding hydrogens is 424 g/mol. The van der Waals surface area contributed by atoms with Crippen LogP contribution in [0.4, 0.5) is 0 Å². The Hall–Kier alpha value is -0.840. The van der Waals surface area contributed by atoms with Gasteiger partial charge in [-0.15, -0.1) is 9.24 Å². The van der Waals surface area contributed by atoms with E-state index in [2.05, 4.69) is 14.6 Å². The van der Waals surface area contributed by atoms with Crippen LogP contribution in [0.1, 0.15) is 63.4 Å². The molecule has 0 aromatic heterocycles. The predicted molar refractivity (Wildman–Crippen MR) is 123 cm³/mol. The van der Waals surface area contributed by atoms with E-state index in [1.807, 2.05) is 6.92 Å². The van der Waals surface area contributed by atoms with Crippen molar-refractivity contribution in [2.75, 3.05) is 27.4 Å². The highest BCUT2D eigenvalue weighted by molar-refractivity contribution is 7.47. The van der Waals surface area contributed by atoms with Gasteiger partial charge >= 0.3 is 7.82 Å². The Bertz CT molecular complexity index is 680. The highest BCUT2D eigenvalue weighted by Gasteiger charge is 2.29. The molecule has 0 spiro atoms. The number of hydrogen-bond donors (Lipinski definition) is 2. The second-order valence-corrected chi connectivity index (χ2v) is 10.4. The van der Waals surface area contributed by atoms with E-state index in [4.69, 9.17) is 18.5 Å². The van der Waals surface area contributed by atoms with Crippen molar-refractivity contribution in [3.05, 3.63) is 17.7 Å². The van der Waals surface area contributed by atoms with E-state index in [-0.39, 0.29) is 17.6 Å². The van der Waals surface area contributed by atoms with Crippen LogP contribution < -0.4 is 19.3 Å². The number of ether oxygens (including phenoxy) is 2. The van der Waals surface area contributed by atoms with Crippen molar-refractivity contribution in [1.29, 1.82) is 0 Å². The maximum atomic E-state index is 12.5. The molecule has 0 bridgehead atoms. The summed E-state index contributed by atoms with van der Waals surface area (Å²) in [5.74, 6) is 0.681. The SMILES string of the molecule is COc1cc(C)cc(OC)c1OP(=O)(O)OCCNC1(P)CCCCCCCCC1. The van der Waals surface area contributed by atoms with Gasteiger partial charge in [0, 0.05) is 11.8 Å². The summed E-state index contributed by atoms with van der Waals surface area (Å²) in [5, 5.41) is 3.45. The van der Waals surface area contributed by atoms with Crippen LogP contribution >= 0.6 is 17.1 Å². The lowest BCUT2D eigenvalue weighted by Crippen LogP contribution is -2.41. The fraction of sp³-hybridized carbons (Fsp3) is 0.714. The Balaban J connectivity index is 1.90. The fourth-order valence-corrected chi connectivity index (χ4v) is 5.11. The quantitative estimate of drug-likeness (QED) is 0.386. The molecule has 2 N–H and O–H groups in total. The van der Waals surface area contributed by atoms with E-state index in [0.717, 1.165) is 18.4 Å². The van der Waals surface area contributed by atoms with Crippen LogP contribution in [0.5, 0.6) is 17.2 Å². The smallest absolute Gasteiger partial charge is 0.493 e. The van der Waals surface area contributed by atoms with E-state index < -0.39 is 7.82 Å². The number of hydrogen-bond acceptors (Lipinski definition) is 6. The highest BCUT2D eigenvalue weighted by atomic mass is 31.2. The standard InChI is InChI=1S/C21H37NO6P2/c1-17-15-18(25-2)20(19(16-17)26-3)28-30(23,24)27-14-13-22-21(29)11-9-7-5-4-6-8-10-12-21/h15-16,22H,4-14,29H2,1-3H3,(H,23,24). The zero-order valence-corrected chi connectivity index (χ0v) is 20.5. The third-order valence-corrected chi connectivity index (χ3v) is 7.09. The number of nitrogens with one attached hydrogen (secondary N) is 1. The van der Waals surface area contributed by atoms with E-state index in [0.29, 0.717) is 18.0 Å². The Kier molecular flexibility index (Phi) is 10.4. The second-order valence-electron chi connectivity index (χ2n) is 7.95. The number of phosphoric ester groups is 1. The Morgan fingerprint density at radius 1 is 1.03 bits per heavy atom. The zero-order valence-electron chi connectivity index (χ0n) is 18.4. The minimum Gasteiger partial charge on any atom is -0.493 e. The van der Waals surface area contributed by atoms with Crippen LogP contribution in [0.15, 0.2) is 12.1 Å². The van der Waals surface area contributed by atoms with Crippen molar-refractivity contribution < 1.29 is 28.0 Å². The molecule has 1 saturated carbocycles. The summed E-state index contributed by atoms with van der Waals surface area (Å²) in [6.45, 7) is 2.38. The van der Waals surface area contributed by atoms with Gasteiger partial charge in [0.25, 0.3) is 0 Å². The van der Waals surface area contributed by atoms with Crippen molar-refractivity contribution in [3.8, 4) is 17.2 Å². The maximum absolute atomic E-state index is 12.5. The molecule has 0 amide bonds. The monoisotopic (exact) mass is 461 g/mol. The van der Waals surface area contributed by atoms with Gasteiger partial charge in [0.15, 0.2) is 11.5 Å². The van der Waals surface area contributed by atoms with Gasteiger partial charge in [-0.1, -0.05) is 44.9 Å². The average Bonchev–Trinajstić information content (AvgIpc) is 2.71. The normalized spacial score (nSPS) is 19.5. The Morgan fingerprint density at radius 3 is 2.03 bits per heavy atom.